The molecule has 4 heteroatoms. The van der Waals surface area contributed by atoms with Crippen LogP contribution in [0.2, 0.25) is 0 Å². The van der Waals surface area contributed by atoms with E-state index in [4.69, 9.17) is 11.1 Å². The highest BCUT2D eigenvalue weighted by Crippen LogP contribution is 2.23. The Balaban J connectivity index is 1.87. The summed E-state index contributed by atoms with van der Waals surface area (Å²) in [5, 5.41) is 7.30. The number of rotatable bonds is 3. The van der Waals surface area contributed by atoms with Crippen LogP contribution in [0.1, 0.15) is 32.6 Å². The van der Waals surface area contributed by atoms with Gasteiger partial charge in [-0.05, 0) is 26.3 Å². The summed E-state index contributed by atoms with van der Waals surface area (Å²) < 4.78 is 0. The zero-order valence-corrected chi connectivity index (χ0v) is 10.3. The molecular weight excluding hydrogens is 200 g/mol. The molecule has 0 aromatic rings. The van der Waals surface area contributed by atoms with Gasteiger partial charge in [0.25, 0.3) is 0 Å². The lowest BCUT2D eigenvalue weighted by molar-refractivity contribution is 0.0168. The van der Waals surface area contributed by atoms with Gasteiger partial charge in [-0.3, -0.25) is 15.2 Å². The molecule has 0 saturated carbocycles. The quantitative estimate of drug-likeness (QED) is 0.552. The molecule has 0 amide bonds. The molecule has 0 aromatic heterocycles. The summed E-state index contributed by atoms with van der Waals surface area (Å²) >= 11 is 0. The van der Waals surface area contributed by atoms with E-state index in [1.807, 2.05) is 0 Å². The van der Waals surface area contributed by atoms with Gasteiger partial charge in [-0.1, -0.05) is 6.42 Å². The van der Waals surface area contributed by atoms with Crippen LogP contribution in [-0.2, 0) is 0 Å². The molecule has 16 heavy (non-hydrogen) atoms. The molecule has 2 rings (SSSR count). The van der Waals surface area contributed by atoms with Crippen LogP contribution in [0, 0.1) is 5.41 Å². The fourth-order valence-corrected chi connectivity index (χ4v) is 2.99. The maximum atomic E-state index is 7.30. The standard InChI is InChI=1S/C12H24N4/c1-10-8-16-6-3-2-4-11(16)9-15(10)7-5-12(13)14/h10-11H,2-9H2,1H3,(H3,13,14). The predicted molar refractivity (Wildman–Crippen MR) is 66.8 cm³/mol. The summed E-state index contributed by atoms with van der Waals surface area (Å²) in [4.78, 5) is 5.16. The number of hydrogen-bond donors (Lipinski definition) is 2. The molecule has 2 unspecified atom stereocenters. The van der Waals surface area contributed by atoms with Gasteiger partial charge in [-0.2, -0.15) is 0 Å². The molecule has 3 N–H and O–H groups in total. The molecule has 0 radical (unpaired) electrons. The van der Waals surface area contributed by atoms with E-state index in [1.165, 1.54) is 38.9 Å². The van der Waals surface area contributed by atoms with Gasteiger partial charge in [0.2, 0.25) is 0 Å². The first-order valence-electron chi connectivity index (χ1n) is 6.48. The molecule has 0 spiro atoms. The predicted octanol–water partition coefficient (Wildman–Crippen LogP) is 0.871. The summed E-state index contributed by atoms with van der Waals surface area (Å²) in [5.41, 5.74) is 5.43. The molecule has 2 saturated heterocycles. The summed E-state index contributed by atoms with van der Waals surface area (Å²) in [6.07, 6.45) is 4.83. The molecule has 92 valence electrons. The Bertz CT molecular complexity index is 253. The SMILES string of the molecule is CC1CN2CCCCC2CN1CCC(=N)N. The largest absolute Gasteiger partial charge is 0.388 e. The Kier molecular flexibility index (Phi) is 3.82. The van der Waals surface area contributed by atoms with E-state index in [0.29, 0.717) is 11.9 Å². The van der Waals surface area contributed by atoms with Crippen LogP contribution in [-0.4, -0.2) is 53.9 Å². The Morgan fingerprint density at radius 3 is 2.94 bits per heavy atom. The number of fused-ring (bicyclic) bond motifs is 1. The van der Waals surface area contributed by atoms with Gasteiger partial charge in [0.15, 0.2) is 0 Å². The van der Waals surface area contributed by atoms with Crippen LogP contribution in [0.3, 0.4) is 0 Å². The van der Waals surface area contributed by atoms with Crippen molar-refractivity contribution in [1.82, 2.24) is 9.80 Å². The van der Waals surface area contributed by atoms with Crippen molar-refractivity contribution in [2.45, 2.75) is 44.7 Å². The maximum Gasteiger partial charge on any atom is 0.0918 e. The van der Waals surface area contributed by atoms with Crippen molar-refractivity contribution in [3.63, 3.8) is 0 Å². The van der Waals surface area contributed by atoms with Crippen LogP contribution in [0.4, 0.5) is 0 Å². The van der Waals surface area contributed by atoms with E-state index in [0.717, 1.165) is 19.0 Å². The normalized spacial score (nSPS) is 32.3. The Morgan fingerprint density at radius 2 is 2.19 bits per heavy atom. The molecular formula is C12H24N4. The highest BCUT2D eigenvalue weighted by molar-refractivity contribution is 5.76. The minimum atomic E-state index is 0.318. The summed E-state index contributed by atoms with van der Waals surface area (Å²) in [5.74, 6) is 0.318. The topological polar surface area (TPSA) is 56.4 Å². The lowest BCUT2D eigenvalue weighted by Gasteiger charge is -2.47. The first kappa shape index (κ1) is 11.9. The van der Waals surface area contributed by atoms with Crippen molar-refractivity contribution in [3.05, 3.63) is 0 Å². The van der Waals surface area contributed by atoms with Gasteiger partial charge in [0.05, 0.1) is 5.84 Å². The Labute approximate surface area is 98.3 Å². The zero-order valence-electron chi connectivity index (χ0n) is 10.3. The first-order valence-corrected chi connectivity index (χ1v) is 6.48. The number of piperazine rings is 1. The van der Waals surface area contributed by atoms with Gasteiger partial charge in [0.1, 0.15) is 0 Å². The average molecular weight is 224 g/mol. The van der Waals surface area contributed by atoms with E-state index >= 15 is 0 Å². The smallest absolute Gasteiger partial charge is 0.0918 e. The van der Waals surface area contributed by atoms with Crippen molar-refractivity contribution in [1.29, 1.82) is 5.41 Å². The molecule has 0 aromatic carbocycles. The second-order valence-electron chi connectivity index (χ2n) is 5.26. The van der Waals surface area contributed by atoms with Gasteiger partial charge in [-0.25, -0.2) is 0 Å². The molecule has 2 heterocycles. The molecule has 4 nitrogen and oxygen atoms in total. The van der Waals surface area contributed by atoms with E-state index in [1.54, 1.807) is 0 Å². The second-order valence-corrected chi connectivity index (χ2v) is 5.26. The molecule has 2 aliphatic heterocycles. The third-order valence-corrected chi connectivity index (χ3v) is 3.98. The number of hydrogen-bond acceptors (Lipinski definition) is 3. The highest BCUT2D eigenvalue weighted by Gasteiger charge is 2.32. The van der Waals surface area contributed by atoms with Gasteiger partial charge in [-0.15, -0.1) is 0 Å². The molecule has 0 bridgehead atoms. The van der Waals surface area contributed by atoms with Crippen molar-refractivity contribution in [2.75, 3.05) is 26.2 Å². The van der Waals surface area contributed by atoms with E-state index in [9.17, 15) is 0 Å². The lowest BCUT2D eigenvalue weighted by atomic mass is 9.97. The Hall–Kier alpha value is -0.610. The van der Waals surface area contributed by atoms with Crippen LogP contribution >= 0.6 is 0 Å². The first-order chi connectivity index (χ1) is 7.66. The summed E-state index contributed by atoms with van der Waals surface area (Å²) in [7, 11) is 0. The zero-order chi connectivity index (χ0) is 11.5. The highest BCUT2D eigenvalue weighted by atomic mass is 15.3. The maximum absolute atomic E-state index is 7.30. The van der Waals surface area contributed by atoms with Crippen LogP contribution < -0.4 is 5.73 Å². The minimum Gasteiger partial charge on any atom is -0.388 e. The number of amidine groups is 1. The van der Waals surface area contributed by atoms with E-state index in [2.05, 4.69) is 16.7 Å². The van der Waals surface area contributed by atoms with Gasteiger partial charge >= 0.3 is 0 Å². The van der Waals surface area contributed by atoms with Gasteiger partial charge < -0.3 is 5.73 Å². The van der Waals surface area contributed by atoms with Crippen LogP contribution in [0.5, 0.6) is 0 Å². The average Bonchev–Trinajstić information content (AvgIpc) is 2.26. The number of nitrogens with one attached hydrogen (secondary N) is 1. The van der Waals surface area contributed by atoms with E-state index < -0.39 is 0 Å². The number of nitrogens with two attached hydrogens (primary N) is 1. The molecule has 2 atom stereocenters. The molecule has 2 aliphatic rings. The Morgan fingerprint density at radius 1 is 1.38 bits per heavy atom. The fraction of sp³-hybridized carbons (Fsp3) is 0.917. The summed E-state index contributed by atoms with van der Waals surface area (Å²) in [6, 6.07) is 1.38. The third kappa shape index (κ3) is 2.74. The van der Waals surface area contributed by atoms with Gasteiger partial charge in [0, 0.05) is 38.1 Å². The van der Waals surface area contributed by atoms with Crippen molar-refractivity contribution in [3.8, 4) is 0 Å². The van der Waals surface area contributed by atoms with Crippen molar-refractivity contribution < 1.29 is 0 Å². The number of nitrogens with zero attached hydrogens (tertiary/aromatic N) is 2. The molecule has 0 aliphatic carbocycles. The number of piperidine rings is 1. The third-order valence-electron chi connectivity index (χ3n) is 3.98. The lowest BCUT2D eigenvalue weighted by Crippen LogP contribution is -2.58. The monoisotopic (exact) mass is 224 g/mol. The van der Waals surface area contributed by atoms with Crippen molar-refractivity contribution >= 4 is 5.84 Å². The van der Waals surface area contributed by atoms with Crippen LogP contribution in [0.25, 0.3) is 0 Å². The molecule has 2 fully saturated rings. The second kappa shape index (κ2) is 5.15. The van der Waals surface area contributed by atoms with Crippen molar-refractivity contribution in [2.24, 2.45) is 5.73 Å². The fourth-order valence-electron chi connectivity index (χ4n) is 2.99. The van der Waals surface area contributed by atoms with Crippen LogP contribution in [0.15, 0.2) is 0 Å². The minimum absolute atomic E-state index is 0.318. The van der Waals surface area contributed by atoms with E-state index in [-0.39, 0.29) is 0 Å². The summed E-state index contributed by atoms with van der Waals surface area (Å²) in [6.45, 7) is 6.92.